The summed E-state index contributed by atoms with van der Waals surface area (Å²) in [5, 5.41) is 5.32. The lowest BCUT2D eigenvalue weighted by Gasteiger charge is -2.28. The number of nitrogens with zero attached hydrogens (tertiary/aromatic N) is 2. The zero-order valence-corrected chi connectivity index (χ0v) is 19.3. The van der Waals surface area contributed by atoms with E-state index < -0.39 is 29.1 Å². The number of hydrogen-bond donors (Lipinski definition) is 2. The van der Waals surface area contributed by atoms with Crippen molar-refractivity contribution >= 4 is 35.6 Å². The van der Waals surface area contributed by atoms with E-state index in [4.69, 9.17) is 9.47 Å². The Labute approximate surface area is 187 Å². The van der Waals surface area contributed by atoms with Crippen LogP contribution in [0.3, 0.4) is 0 Å². The van der Waals surface area contributed by atoms with E-state index in [1.54, 1.807) is 65.8 Å². The minimum absolute atomic E-state index is 0.0167. The quantitative estimate of drug-likeness (QED) is 0.677. The van der Waals surface area contributed by atoms with E-state index in [1.165, 1.54) is 6.21 Å². The summed E-state index contributed by atoms with van der Waals surface area (Å²) in [5.74, 6) is -2.68. The molecule has 0 saturated heterocycles. The molecule has 3 rings (SSSR count). The summed E-state index contributed by atoms with van der Waals surface area (Å²) in [6.07, 6.45) is 2.41. The molecular weight excluding hydrogens is 412 g/mol. The summed E-state index contributed by atoms with van der Waals surface area (Å²) in [6, 6.07) is 7.01. The zero-order valence-electron chi connectivity index (χ0n) is 19.3. The molecule has 0 spiro atoms. The molecule has 1 fully saturated rings. The maximum Gasteiger partial charge on any atom is 0.411 e. The van der Waals surface area contributed by atoms with Crippen LogP contribution in [0.25, 0.3) is 0 Å². The van der Waals surface area contributed by atoms with Crippen LogP contribution in [0.2, 0.25) is 0 Å². The summed E-state index contributed by atoms with van der Waals surface area (Å²) in [5.41, 5.74) is 0.136. The average Bonchev–Trinajstić information content (AvgIpc) is 3.40. The van der Waals surface area contributed by atoms with Crippen LogP contribution < -0.4 is 10.6 Å². The number of aliphatic imine (C=N–C) groups is 2. The molecule has 0 radical (unpaired) electrons. The van der Waals surface area contributed by atoms with Crippen molar-refractivity contribution in [3.05, 3.63) is 29.8 Å². The molecule has 1 aromatic carbocycles. The molecular formula is C23H30N4O5. The number of carbonyl (C=O) groups excluding carboxylic acids is 3. The first kappa shape index (κ1) is 23.4. The fraction of sp³-hybridized carbons (Fsp3) is 0.522. The molecule has 0 bridgehead atoms. The average molecular weight is 443 g/mol. The van der Waals surface area contributed by atoms with Gasteiger partial charge in [0.15, 0.2) is 0 Å². The number of amides is 2. The smallest absolute Gasteiger partial charge is 0.411 e. The fourth-order valence-electron chi connectivity index (χ4n) is 2.84. The molecule has 1 aliphatic heterocycles. The number of anilines is 1. The maximum atomic E-state index is 12.9. The highest BCUT2D eigenvalue weighted by molar-refractivity contribution is 6.40. The lowest BCUT2D eigenvalue weighted by atomic mass is 10.1. The van der Waals surface area contributed by atoms with E-state index in [0.29, 0.717) is 17.0 Å². The molecule has 9 heteroatoms. The number of carbonyl (C=O) groups is 3. The van der Waals surface area contributed by atoms with Crippen LogP contribution in [0.1, 0.15) is 59.9 Å². The standard InChI is InChI=1S/C23H30N4O5/c1-21(2,3)31-19(29)23(27-20(30)32-22(4,5)6)24-13-17(26-23)14-9-11-16(12-10-14)25-18(28)15-7-8-15/h9-13,15H,7-8H2,1-6H3,(H,25,28)(H,27,30). The van der Waals surface area contributed by atoms with Crippen LogP contribution in [-0.4, -0.2) is 46.9 Å². The highest BCUT2D eigenvalue weighted by Crippen LogP contribution is 2.30. The third kappa shape index (κ3) is 6.15. The van der Waals surface area contributed by atoms with Gasteiger partial charge in [0, 0.05) is 17.2 Å². The topological polar surface area (TPSA) is 118 Å². The van der Waals surface area contributed by atoms with Crippen LogP contribution >= 0.6 is 0 Å². The predicted octanol–water partition coefficient (Wildman–Crippen LogP) is 3.43. The fourth-order valence-corrected chi connectivity index (χ4v) is 2.84. The number of nitrogens with one attached hydrogen (secondary N) is 2. The van der Waals surface area contributed by atoms with Gasteiger partial charge in [0.1, 0.15) is 11.2 Å². The summed E-state index contributed by atoms with van der Waals surface area (Å²) >= 11 is 0. The monoisotopic (exact) mass is 442 g/mol. The number of esters is 1. The molecule has 1 aromatic rings. The molecule has 2 N–H and O–H groups in total. The van der Waals surface area contributed by atoms with Crippen molar-refractivity contribution in [3.63, 3.8) is 0 Å². The number of ether oxygens (including phenoxy) is 2. The van der Waals surface area contributed by atoms with E-state index >= 15 is 0 Å². The van der Waals surface area contributed by atoms with E-state index in [-0.39, 0.29) is 11.8 Å². The van der Waals surface area contributed by atoms with Gasteiger partial charge in [-0.15, -0.1) is 0 Å². The van der Waals surface area contributed by atoms with E-state index in [0.717, 1.165) is 12.8 Å². The van der Waals surface area contributed by atoms with Crippen LogP contribution in [0.15, 0.2) is 34.3 Å². The molecule has 1 atom stereocenters. The summed E-state index contributed by atoms with van der Waals surface area (Å²) < 4.78 is 10.7. The molecule has 1 unspecified atom stereocenters. The zero-order chi connectivity index (χ0) is 23.7. The molecule has 0 aromatic heterocycles. The van der Waals surface area contributed by atoms with Gasteiger partial charge in [-0.05, 0) is 66.5 Å². The first-order chi connectivity index (χ1) is 14.8. The lowest BCUT2D eigenvalue weighted by molar-refractivity contribution is -0.162. The molecule has 9 nitrogen and oxygen atoms in total. The molecule has 172 valence electrons. The van der Waals surface area contributed by atoms with Crippen molar-refractivity contribution in [1.82, 2.24) is 5.32 Å². The van der Waals surface area contributed by atoms with Crippen molar-refractivity contribution < 1.29 is 23.9 Å². The van der Waals surface area contributed by atoms with E-state index in [1.807, 2.05) is 0 Å². The second-order valence-corrected chi connectivity index (χ2v) is 9.90. The largest absolute Gasteiger partial charge is 0.455 e. The van der Waals surface area contributed by atoms with Gasteiger partial charge in [-0.2, -0.15) is 0 Å². The summed E-state index contributed by atoms with van der Waals surface area (Å²) in [4.78, 5) is 45.9. The molecule has 1 saturated carbocycles. The minimum atomic E-state index is -1.98. The second kappa shape index (κ2) is 8.37. The number of benzene rings is 1. The molecule has 1 aliphatic carbocycles. The first-order valence-electron chi connectivity index (χ1n) is 10.6. The van der Waals surface area contributed by atoms with Gasteiger partial charge in [-0.3, -0.25) is 10.1 Å². The molecule has 2 amide bonds. The SMILES string of the molecule is CC(C)(C)OC(=O)NC1(C(=O)OC(C)(C)C)N=CC(c2ccc(NC(=O)C3CC3)cc2)=N1. The minimum Gasteiger partial charge on any atom is -0.455 e. The molecule has 1 heterocycles. The Morgan fingerprint density at radius 2 is 1.56 bits per heavy atom. The Hall–Kier alpha value is -3.23. The van der Waals surface area contributed by atoms with Crippen molar-refractivity contribution in [2.75, 3.05) is 5.32 Å². The van der Waals surface area contributed by atoms with Crippen molar-refractivity contribution in [2.24, 2.45) is 15.9 Å². The van der Waals surface area contributed by atoms with Gasteiger partial charge >= 0.3 is 17.8 Å². The third-order valence-electron chi connectivity index (χ3n) is 4.41. The van der Waals surface area contributed by atoms with Gasteiger partial charge < -0.3 is 14.8 Å². The highest BCUT2D eigenvalue weighted by Gasteiger charge is 2.46. The van der Waals surface area contributed by atoms with Crippen LogP contribution in [0.5, 0.6) is 0 Å². The van der Waals surface area contributed by atoms with Crippen molar-refractivity contribution in [1.29, 1.82) is 0 Å². The second-order valence-electron chi connectivity index (χ2n) is 9.90. The first-order valence-corrected chi connectivity index (χ1v) is 10.6. The van der Waals surface area contributed by atoms with Crippen LogP contribution in [0.4, 0.5) is 10.5 Å². The Bertz CT molecular complexity index is 966. The Kier molecular flexibility index (Phi) is 6.13. The normalized spacial score (nSPS) is 20.4. The number of hydrogen-bond acceptors (Lipinski definition) is 7. The van der Waals surface area contributed by atoms with Crippen LogP contribution in [-0.2, 0) is 19.1 Å². The van der Waals surface area contributed by atoms with Crippen LogP contribution in [0, 0.1) is 5.92 Å². The van der Waals surface area contributed by atoms with Gasteiger partial charge in [0.25, 0.3) is 0 Å². The number of alkyl carbamates (subject to hydrolysis) is 1. The highest BCUT2D eigenvalue weighted by atomic mass is 16.6. The summed E-state index contributed by atoms with van der Waals surface area (Å²) in [6.45, 7) is 10.3. The maximum absolute atomic E-state index is 12.9. The van der Waals surface area contributed by atoms with Crippen molar-refractivity contribution in [2.45, 2.75) is 71.4 Å². The van der Waals surface area contributed by atoms with E-state index in [2.05, 4.69) is 20.6 Å². The predicted molar refractivity (Wildman–Crippen MR) is 121 cm³/mol. The van der Waals surface area contributed by atoms with Gasteiger partial charge in [0.05, 0.1) is 11.9 Å². The molecule has 2 aliphatic rings. The lowest BCUT2D eigenvalue weighted by Crippen LogP contribution is -2.54. The third-order valence-corrected chi connectivity index (χ3v) is 4.41. The van der Waals surface area contributed by atoms with Crippen molar-refractivity contribution in [3.8, 4) is 0 Å². The Morgan fingerprint density at radius 3 is 2.09 bits per heavy atom. The van der Waals surface area contributed by atoms with Gasteiger partial charge in [-0.1, -0.05) is 12.1 Å². The van der Waals surface area contributed by atoms with E-state index in [9.17, 15) is 14.4 Å². The molecule has 32 heavy (non-hydrogen) atoms. The Balaban J connectivity index is 1.82. The van der Waals surface area contributed by atoms with Gasteiger partial charge in [-0.25, -0.2) is 19.6 Å². The Morgan fingerprint density at radius 1 is 0.969 bits per heavy atom. The van der Waals surface area contributed by atoms with Gasteiger partial charge in [0.2, 0.25) is 5.91 Å². The number of rotatable bonds is 5. The summed E-state index contributed by atoms with van der Waals surface area (Å²) in [7, 11) is 0.